The van der Waals surface area contributed by atoms with Crippen molar-refractivity contribution in [2.45, 2.75) is 39.0 Å². The fraction of sp³-hybridized carbons (Fsp3) is 0.303. The van der Waals surface area contributed by atoms with E-state index in [0.717, 1.165) is 59.0 Å². The maximum Gasteiger partial charge on any atom is 0.234 e. The van der Waals surface area contributed by atoms with Crippen molar-refractivity contribution in [3.05, 3.63) is 125 Å². The van der Waals surface area contributed by atoms with Crippen LogP contribution in [-0.2, 0) is 17.6 Å². The molecule has 1 aliphatic heterocycles. The average Bonchev–Trinajstić information content (AvgIpc) is 3.21. The van der Waals surface area contributed by atoms with Crippen molar-refractivity contribution in [1.29, 1.82) is 0 Å². The van der Waals surface area contributed by atoms with E-state index in [2.05, 4.69) is 11.8 Å². The summed E-state index contributed by atoms with van der Waals surface area (Å²) in [7, 11) is 0. The molecule has 5 rings (SSSR count). The second-order valence-electron chi connectivity index (χ2n) is 10.1. The standard InChI is InChI=1S/C33H35FN4O/c1-3-30-29(23-25-12-10-17-28(34)22-25)32(36-24(2)35-30)37-18-11-19-38(21-20-37)33(39)31(26-13-6-4-7-14-26)27-15-8-5-9-16-27/h4-10,12-17,22,31H,3,11,18-21,23H2,1-2H3. The number of carbonyl (C=O) groups is 1. The molecule has 3 aromatic carbocycles. The van der Waals surface area contributed by atoms with Gasteiger partial charge in [0.05, 0.1) is 5.92 Å². The molecule has 0 atom stereocenters. The minimum absolute atomic E-state index is 0.127. The van der Waals surface area contributed by atoms with Gasteiger partial charge in [0.1, 0.15) is 17.5 Å². The van der Waals surface area contributed by atoms with Crippen LogP contribution in [0.1, 0.15) is 53.0 Å². The Balaban J connectivity index is 1.41. The molecular weight excluding hydrogens is 487 g/mol. The van der Waals surface area contributed by atoms with E-state index >= 15 is 0 Å². The highest BCUT2D eigenvalue weighted by atomic mass is 19.1. The van der Waals surface area contributed by atoms with E-state index in [0.29, 0.717) is 26.1 Å². The van der Waals surface area contributed by atoms with Crippen LogP contribution in [0.2, 0.25) is 0 Å². The molecule has 0 unspecified atom stereocenters. The quantitative estimate of drug-likeness (QED) is 0.301. The van der Waals surface area contributed by atoms with E-state index in [9.17, 15) is 9.18 Å². The van der Waals surface area contributed by atoms with Crippen molar-refractivity contribution in [2.75, 3.05) is 31.1 Å². The van der Waals surface area contributed by atoms with E-state index in [-0.39, 0.29) is 17.6 Å². The first-order valence-electron chi connectivity index (χ1n) is 13.8. The molecule has 0 saturated carbocycles. The molecule has 0 N–H and O–H groups in total. The zero-order valence-corrected chi connectivity index (χ0v) is 22.7. The molecule has 200 valence electrons. The lowest BCUT2D eigenvalue weighted by atomic mass is 9.90. The SMILES string of the molecule is CCc1nc(C)nc(N2CCCN(C(=O)C(c3ccccc3)c3ccccc3)CC2)c1Cc1cccc(F)c1. The second kappa shape index (κ2) is 12.2. The van der Waals surface area contributed by atoms with Gasteiger partial charge in [-0.15, -0.1) is 0 Å². The van der Waals surface area contributed by atoms with E-state index in [1.54, 1.807) is 12.1 Å². The van der Waals surface area contributed by atoms with Crippen LogP contribution in [0.5, 0.6) is 0 Å². The summed E-state index contributed by atoms with van der Waals surface area (Å²) in [6.07, 6.45) is 2.18. The van der Waals surface area contributed by atoms with Gasteiger partial charge in [0, 0.05) is 43.9 Å². The van der Waals surface area contributed by atoms with Crippen LogP contribution < -0.4 is 4.90 Å². The number of hydrogen-bond acceptors (Lipinski definition) is 4. The fourth-order valence-corrected chi connectivity index (χ4v) is 5.52. The third-order valence-electron chi connectivity index (χ3n) is 7.41. The van der Waals surface area contributed by atoms with Crippen molar-refractivity contribution < 1.29 is 9.18 Å². The molecule has 39 heavy (non-hydrogen) atoms. The van der Waals surface area contributed by atoms with Crippen molar-refractivity contribution in [3.8, 4) is 0 Å². The van der Waals surface area contributed by atoms with Gasteiger partial charge in [-0.05, 0) is 48.6 Å². The van der Waals surface area contributed by atoms with E-state index in [1.165, 1.54) is 6.07 Å². The van der Waals surface area contributed by atoms with Crippen molar-refractivity contribution >= 4 is 11.7 Å². The molecule has 1 saturated heterocycles. The Hall–Kier alpha value is -4.06. The molecule has 2 heterocycles. The van der Waals surface area contributed by atoms with Crippen LogP contribution in [0.3, 0.4) is 0 Å². The zero-order chi connectivity index (χ0) is 27.2. The van der Waals surface area contributed by atoms with Gasteiger partial charge in [0.25, 0.3) is 0 Å². The van der Waals surface area contributed by atoms with E-state index in [1.807, 2.05) is 78.6 Å². The van der Waals surface area contributed by atoms with Crippen LogP contribution in [0.15, 0.2) is 84.9 Å². The summed E-state index contributed by atoms with van der Waals surface area (Å²) in [6, 6.07) is 26.8. The third kappa shape index (κ3) is 6.17. The summed E-state index contributed by atoms with van der Waals surface area (Å²) in [5, 5.41) is 0. The number of anilines is 1. The van der Waals surface area contributed by atoms with Gasteiger partial charge in [-0.1, -0.05) is 79.7 Å². The minimum Gasteiger partial charge on any atom is -0.354 e. The molecule has 5 nitrogen and oxygen atoms in total. The highest BCUT2D eigenvalue weighted by Crippen LogP contribution is 2.29. The number of hydrogen-bond donors (Lipinski definition) is 0. The Morgan fingerprint density at radius 1 is 0.872 bits per heavy atom. The molecule has 1 fully saturated rings. The van der Waals surface area contributed by atoms with Crippen molar-refractivity contribution in [2.24, 2.45) is 0 Å². The smallest absolute Gasteiger partial charge is 0.234 e. The molecule has 1 aliphatic rings. The summed E-state index contributed by atoms with van der Waals surface area (Å²) >= 11 is 0. The lowest BCUT2D eigenvalue weighted by molar-refractivity contribution is -0.131. The predicted octanol–water partition coefficient (Wildman–Crippen LogP) is 5.95. The maximum absolute atomic E-state index is 14.0. The normalized spacial score (nSPS) is 13.9. The lowest BCUT2D eigenvalue weighted by Crippen LogP contribution is -2.39. The molecule has 0 radical (unpaired) electrons. The van der Waals surface area contributed by atoms with Gasteiger partial charge in [-0.25, -0.2) is 14.4 Å². The Morgan fingerprint density at radius 2 is 1.56 bits per heavy atom. The number of carbonyl (C=O) groups excluding carboxylic acids is 1. The topological polar surface area (TPSA) is 49.3 Å². The Kier molecular flexibility index (Phi) is 8.30. The first kappa shape index (κ1) is 26.5. The molecule has 0 bridgehead atoms. The number of aryl methyl sites for hydroxylation is 2. The number of aromatic nitrogens is 2. The van der Waals surface area contributed by atoms with Gasteiger partial charge in [-0.2, -0.15) is 0 Å². The van der Waals surface area contributed by atoms with Crippen LogP contribution in [0.4, 0.5) is 10.2 Å². The highest BCUT2D eigenvalue weighted by molar-refractivity contribution is 5.87. The summed E-state index contributed by atoms with van der Waals surface area (Å²) < 4.78 is 14.0. The van der Waals surface area contributed by atoms with Gasteiger partial charge in [0.2, 0.25) is 5.91 Å². The monoisotopic (exact) mass is 522 g/mol. The molecule has 4 aromatic rings. The van der Waals surface area contributed by atoms with E-state index < -0.39 is 0 Å². The first-order chi connectivity index (χ1) is 19.0. The van der Waals surface area contributed by atoms with E-state index in [4.69, 9.17) is 9.97 Å². The zero-order valence-electron chi connectivity index (χ0n) is 22.7. The second-order valence-corrected chi connectivity index (χ2v) is 10.1. The van der Waals surface area contributed by atoms with Gasteiger partial charge in [0.15, 0.2) is 0 Å². The summed E-state index contributed by atoms with van der Waals surface area (Å²) in [4.78, 5) is 27.9. The Bertz CT molecular complexity index is 1370. The van der Waals surface area contributed by atoms with Gasteiger partial charge in [-0.3, -0.25) is 4.79 Å². The van der Waals surface area contributed by atoms with Crippen LogP contribution in [0.25, 0.3) is 0 Å². The first-order valence-corrected chi connectivity index (χ1v) is 13.8. The number of rotatable bonds is 7. The fourth-order valence-electron chi connectivity index (χ4n) is 5.52. The summed E-state index contributed by atoms with van der Waals surface area (Å²) in [5.74, 6) is 1.18. The molecular formula is C33H35FN4O. The number of amides is 1. The third-order valence-corrected chi connectivity index (χ3v) is 7.41. The Labute approximate surface area is 230 Å². The van der Waals surface area contributed by atoms with Crippen LogP contribution >= 0.6 is 0 Å². The highest BCUT2D eigenvalue weighted by Gasteiger charge is 2.30. The molecule has 1 aromatic heterocycles. The van der Waals surface area contributed by atoms with Crippen LogP contribution in [0, 0.1) is 12.7 Å². The predicted molar refractivity (Wildman–Crippen MR) is 153 cm³/mol. The van der Waals surface area contributed by atoms with Crippen molar-refractivity contribution in [3.63, 3.8) is 0 Å². The van der Waals surface area contributed by atoms with Gasteiger partial charge >= 0.3 is 0 Å². The minimum atomic E-state index is -0.338. The molecule has 1 amide bonds. The largest absolute Gasteiger partial charge is 0.354 e. The summed E-state index contributed by atoms with van der Waals surface area (Å²) in [5.41, 5.74) is 4.95. The maximum atomic E-state index is 14.0. The van der Waals surface area contributed by atoms with Gasteiger partial charge < -0.3 is 9.80 Å². The number of nitrogens with zero attached hydrogens (tertiary/aromatic N) is 4. The molecule has 0 spiro atoms. The van der Waals surface area contributed by atoms with Crippen LogP contribution in [-0.4, -0.2) is 47.0 Å². The van der Waals surface area contributed by atoms with Crippen molar-refractivity contribution in [1.82, 2.24) is 14.9 Å². The average molecular weight is 523 g/mol. The molecule has 6 heteroatoms. The lowest BCUT2D eigenvalue weighted by Gasteiger charge is -2.28. The summed E-state index contributed by atoms with van der Waals surface area (Å²) in [6.45, 7) is 6.79. The number of halogens is 1. The molecule has 0 aliphatic carbocycles. The number of benzene rings is 3. The Morgan fingerprint density at radius 3 is 2.21 bits per heavy atom.